The topological polar surface area (TPSA) is 66.4 Å². The Bertz CT molecular complexity index is 467. The van der Waals surface area contributed by atoms with Gasteiger partial charge >= 0.3 is 0 Å². The molecule has 4 nitrogen and oxygen atoms in total. The highest BCUT2D eigenvalue weighted by Gasteiger charge is 2.16. The highest BCUT2D eigenvalue weighted by atomic mass is 32.2. The zero-order valence-electron chi connectivity index (χ0n) is 11.0. The third kappa shape index (κ3) is 5.26. The van der Waals surface area contributed by atoms with Gasteiger partial charge in [-0.1, -0.05) is 13.3 Å². The van der Waals surface area contributed by atoms with E-state index in [4.69, 9.17) is 5.11 Å². The average Bonchev–Trinajstić information content (AvgIpc) is 2.37. The predicted octanol–water partition coefficient (Wildman–Crippen LogP) is 1.90. The van der Waals surface area contributed by atoms with Crippen LogP contribution in [0.25, 0.3) is 0 Å². The first-order valence-corrected chi connectivity index (χ1v) is 7.84. The molecule has 0 aliphatic carbocycles. The molecule has 0 spiro atoms. The zero-order chi connectivity index (χ0) is 14.3. The molecule has 1 unspecified atom stereocenters. The molecule has 0 amide bonds. The van der Waals surface area contributed by atoms with Crippen LogP contribution in [0.2, 0.25) is 0 Å². The highest BCUT2D eigenvalue weighted by molar-refractivity contribution is 7.89. The Labute approximate surface area is 113 Å². The number of rotatable bonds is 8. The van der Waals surface area contributed by atoms with E-state index in [9.17, 15) is 12.8 Å². The van der Waals surface area contributed by atoms with E-state index in [-0.39, 0.29) is 24.0 Å². The van der Waals surface area contributed by atoms with E-state index in [2.05, 4.69) is 4.72 Å². The molecule has 1 aromatic carbocycles. The molecule has 1 atom stereocenters. The lowest BCUT2D eigenvalue weighted by Gasteiger charge is -2.15. The molecule has 1 rings (SSSR count). The van der Waals surface area contributed by atoms with Crippen LogP contribution in [0.3, 0.4) is 0 Å². The van der Waals surface area contributed by atoms with Crippen LogP contribution in [0, 0.1) is 11.7 Å². The molecule has 6 heteroatoms. The molecule has 19 heavy (non-hydrogen) atoms. The summed E-state index contributed by atoms with van der Waals surface area (Å²) in [4.78, 5) is 0.0492. The Balaban J connectivity index is 2.66. The summed E-state index contributed by atoms with van der Waals surface area (Å²) in [6.45, 7) is 2.34. The minimum absolute atomic E-state index is 0.0446. The SMILES string of the molecule is CCCC(CCO)CNS(=O)(=O)c1ccc(F)cc1. The summed E-state index contributed by atoms with van der Waals surface area (Å²) >= 11 is 0. The van der Waals surface area contributed by atoms with E-state index in [1.54, 1.807) is 0 Å². The fourth-order valence-corrected chi connectivity index (χ4v) is 2.98. The van der Waals surface area contributed by atoms with E-state index in [0.29, 0.717) is 6.42 Å². The van der Waals surface area contributed by atoms with Crippen molar-refractivity contribution in [2.45, 2.75) is 31.1 Å². The third-order valence-corrected chi connectivity index (χ3v) is 4.36. The molecule has 2 N–H and O–H groups in total. The normalized spacial score (nSPS) is 13.4. The molecule has 0 saturated heterocycles. The standard InChI is InChI=1S/C13H20FNO3S/c1-2-3-11(8-9-16)10-15-19(17,18)13-6-4-12(14)5-7-13/h4-7,11,15-16H,2-3,8-10H2,1H3. The van der Waals surface area contributed by atoms with Crippen molar-refractivity contribution in [2.24, 2.45) is 5.92 Å². The molecular formula is C13H20FNO3S. The fourth-order valence-electron chi connectivity index (χ4n) is 1.86. The van der Waals surface area contributed by atoms with E-state index in [1.165, 1.54) is 12.1 Å². The van der Waals surface area contributed by atoms with E-state index in [1.807, 2.05) is 6.92 Å². The largest absolute Gasteiger partial charge is 0.396 e. The van der Waals surface area contributed by atoms with Crippen LogP contribution in [0.15, 0.2) is 29.2 Å². The van der Waals surface area contributed by atoms with Gasteiger partial charge < -0.3 is 5.11 Å². The van der Waals surface area contributed by atoms with Crippen molar-refractivity contribution in [3.05, 3.63) is 30.1 Å². The van der Waals surface area contributed by atoms with Gasteiger partial charge in [0.15, 0.2) is 0 Å². The highest BCUT2D eigenvalue weighted by Crippen LogP contribution is 2.13. The van der Waals surface area contributed by atoms with Gasteiger partial charge in [-0.2, -0.15) is 0 Å². The quantitative estimate of drug-likeness (QED) is 0.768. The predicted molar refractivity (Wildman–Crippen MR) is 71.7 cm³/mol. The number of sulfonamides is 1. The molecule has 0 bridgehead atoms. The molecule has 1 aromatic rings. The Morgan fingerprint density at radius 2 is 1.89 bits per heavy atom. The summed E-state index contributed by atoms with van der Waals surface area (Å²) < 4.78 is 39.2. The lowest BCUT2D eigenvalue weighted by molar-refractivity contribution is 0.251. The van der Waals surface area contributed by atoms with Crippen LogP contribution >= 0.6 is 0 Å². The number of aliphatic hydroxyl groups excluding tert-OH is 1. The van der Waals surface area contributed by atoms with Gasteiger partial charge in [-0.15, -0.1) is 0 Å². The minimum Gasteiger partial charge on any atom is -0.396 e. The number of halogens is 1. The number of benzene rings is 1. The van der Waals surface area contributed by atoms with Gasteiger partial charge in [-0.25, -0.2) is 17.5 Å². The third-order valence-electron chi connectivity index (χ3n) is 2.92. The average molecular weight is 289 g/mol. The summed E-state index contributed by atoms with van der Waals surface area (Å²) in [5.41, 5.74) is 0. The van der Waals surface area contributed by atoms with Crippen molar-refractivity contribution < 1.29 is 17.9 Å². The summed E-state index contributed by atoms with van der Waals surface area (Å²) in [5.74, 6) is -0.353. The summed E-state index contributed by atoms with van der Waals surface area (Å²) in [7, 11) is -3.61. The van der Waals surface area contributed by atoms with Crippen molar-refractivity contribution in [3.63, 3.8) is 0 Å². The lowest BCUT2D eigenvalue weighted by atomic mass is 10.0. The maximum Gasteiger partial charge on any atom is 0.240 e. The van der Waals surface area contributed by atoms with Gasteiger partial charge in [0.05, 0.1) is 4.90 Å². The first kappa shape index (κ1) is 16.1. The van der Waals surface area contributed by atoms with Gasteiger partial charge in [0, 0.05) is 13.2 Å². The Morgan fingerprint density at radius 3 is 2.42 bits per heavy atom. The summed E-state index contributed by atoms with van der Waals surface area (Å²) in [6, 6.07) is 4.70. The van der Waals surface area contributed by atoms with Gasteiger partial charge in [-0.05, 0) is 43.0 Å². The van der Waals surface area contributed by atoms with Crippen LogP contribution in [0.1, 0.15) is 26.2 Å². The second-order valence-corrected chi connectivity index (χ2v) is 6.24. The van der Waals surface area contributed by atoms with E-state index in [0.717, 1.165) is 25.0 Å². The number of hydrogen-bond acceptors (Lipinski definition) is 3. The van der Waals surface area contributed by atoms with Gasteiger partial charge in [0.1, 0.15) is 5.82 Å². The molecule has 0 aromatic heterocycles. The number of nitrogens with one attached hydrogen (secondary N) is 1. The molecule has 0 heterocycles. The molecule has 0 radical (unpaired) electrons. The first-order chi connectivity index (χ1) is 8.99. The van der Waals surface area contributed by atoms with E-state index >= 15 is 0 Å². The van der Waals surface area contributed by atoms with Crippen molar-refractivity contribution >= 4 is 10.0 Å². The van der Waals surface area contributed by atoms with Crippen molar-refractivity contribution in [1.82, 2.24) is 4.72 Å². The maximum atomic E-state index is 12.7. The Morgan fingerprint density at radius 1 is 1.26 bits per heavy atom. The molecule has 108 valence electrons. The molecule has 0 saturated carbocycles. The Kier molecular flexibility index (Phi) is 6.41. The fraction of sp³-hybridized carbons (Fsp3) is 0.538. The monoisotopic (exact) mass is 289 g/mol. The van der Waals surface area contributed by atoms with Crippen molar-refractivity contribution in [2.75, 3.05) is 13.2 Å². The molecule has 0 aliphatic heterocycles. The first-order valence-electron chi connectivity index (χ1n) is 6.35. The minimum atomic E-state index is -3.61. The molecule has 0 aliphatic rings. The lowest BCUT2D eigenvalue weighted by Crippen LogP contribution is -2.29. The smallest absolute Gasteiger partial charge is 0.240 e. The Hall–Kier alpha value is -0.980. The second kappa shape index (κ2) is 7.57. The van der Waals surface area contributed by atoms with Crippen LogP contribution in [-0.4, -0.2) is 26.7 Å². The summed E-state index contributed by atoms with van der Waals surface area (Å²) in [6.07, 6.45) is 2.36. The van der Waals surface area contributed by atoms with Crippen molar-refractivity contribution in [3.8, 4) is 0 Å². The summed E-state index contributed by atoms with van der Waals surface area (Å²) in [5, 5.41) is 8.92. The van der Waals surface area contributed by atoms with Crippen LogP contribution in [0.5, 0.6) is 0 Å². The van der Waals surface area contributed by atoms with Crippen molar-refractivity contribution in [1.29, 1.82) is 0 Å². The van der Waals surface area contributed by atoms with Crippen LogP contribution < -0.4 is 4.72 Å². The number of aliphatic hydroxyl groups is 1. The zero-order valence-corrected chi connectivity index (χ0v) is 11.8. The van der Waals surface area contributed by atoms with Crippen LogP contribution in [0.4, 0.5) is 4.39 Å². The van der Waals surface area contributed by atoms with Crippen LogP contribution in [-0.2, 0) is 10.0 Å². The maximum absolute atomic E-state index is 12.7. The molecular weight excluding hydrogens is 269 g/mol. The second-order valence-electron chi connectivity index (χ2n) is 4.47. The van der Waals surface area contributed by atoms with Gasteiger partial charge in [-0.3, -0.25) is 0 Å². The molecule has 0 fully saturated rings. The van der Waals surface area contributed by atoms with Gasteiger partial charge in [0.2, 0.25) is 10.0 Å². The number of hydrogen-bond donors (Lipinski definition) is 2. The van der Waals surface area contributed by atoms with E-state index < -0.39 is 15.8 Å². The van der Waals surface area contributed by atoms with Gasteiger partial charge in [0.25, 0.3) is 0 Å².